The molecule has 1 aromatic carbocycles. The van der Waals surface area contributed by atoms with Gasteiger partial charge in [-0.05, 0) is 46.3 Å². The number of amides is 1. The predicted molar refractivity (Wildman–Crippen MR) is 79.0 cm³/mol. The molecule has 92 valence electrons. The van der Waals surface area contributed by atoms with E-state index < -0.39 is 0 Å². The second-order valence-electron chi connectivity index (χ2n) is 3.45. The van der Waals surface area contributed by atoms with Crippen molar-refractivity contribution in [2.75, 3.05) is 5.32 Å². The minimum atomic E-state index is -0.232. The smallest absolute Gasteiger partial charge is 0.255 e. The third-order valence-electron chi connectivity index (χ3n) is 2.16. The van der Waals surface area contributed by atoms with Gasteiger partial charge in [-0.3, -0.25) is 4.79 Å². The summed E-state index contributed by atoms with van der Waals surface area (Å²) in [5.74, 6) is -0.232. The molecule has 6 heteroatoms. The predicted octanol–water partition coefficient (Wildman–Crippen LogP) is 4.51. The second kappa shape index (κ2) is 5.82. The van der Waals surface area contributed by atoms with Crippen LogP contribution in [0, 0.1) is 0 Å². The van der Waals surface area contributed by atoms with Crippen LogP contribution >= 0.6 is 43.5 Å². The normalized spacial score (nSPS) is 10.2. The molecule has 0 aliphatic carbocycles. The molecule has 1 N–H and O–H groups in total. The Balaban J connectivity index is 2.21. The lowest BCUT2D eigenvalue weighted by Gasteiger charge is -2.07. The van der Waals surface area contributed by atoms with Crippen LogP contribution in [0.3, 0.4) is 0 Å². The van der Waals surface area contributed by atoms with Crippen LogP contribution in [0.2, 0.25) is 5.15 Å². The van der Waals surface area contributed by atoms with Gasteiger partial charge in [0.25, 0.3) is 5.91 Å². The van der Waals surface area contributed by atoms with Crippen molar-refractivity contribution < 1.29 is 4.79 Å². The number of pyridine rings is 1. The van der Waals surface area contributed by atoms with E-state index in [0.29, 0.717) is 11.3 Å². The van der Waals surface area contributed by atoms with E-state index in [-0.39, 0.29) is 11.1 Å². The minimum absolute atomic E-state index is 0.232. The Morgan fingerprint density at radius 3 is 2.50 bits per heavy atom. The van der Waals surface area contributed by atoms with Gasteiger partial charge in [0.1, 0.15) is 0 Å². The third kappa shape index (κ3) is 3.31. The third-order valence-corrected chi connectivity index (χ3v) is 3.42. The highest BCUT2D eigenvalue weighted by Gasteiger charge is 2.09. The minimum Gasteiger partial charge on any atom is -0.319 e. The summed E-state index contributed by atoms with van der Waals surface area (Å²) in [7, 11) is 0. The SMILES string of the molecule is O=C(Nc1cc(Br)cnc1Cl)c1ccc(Br)cc1. The Bertz CT molecular complexity index is 587. The fourth-order valence-corrected chi connectivity index (χ4v) is 2.05. The van der Waals surface area contributed by atoms with Crippen molar-refractivity contribution in [2.45, 2.75) is 0 Å². The summed E-state index contributed by atoms with van der Waals surface area (Å²) in [5, 5.41) is 2.96. The molecule has 0 saturated carbocycles. The molecule has 0 fully saturated rings. The summed E-state index contributed by atoms with van der Waals surface area (Å²) in [6.45, 7) is 0. The van der Waals surface area contributed by atoms with E-state index in [2.05, 4.69) is 42.2 Å². The number of nitrogens with zero attached hydrogens (tertiary/aromatic N) is 1. The van der Waals surface area contributed by atoms with Gasteiger partial charge >= 0.3 is 0 Å². The van der Waals surface area contributed by atoms with E-state index in [0.717, 1.165) is 8.95 Å². The number of halogens is 3. The highest BCUT2D eigenvalue weighted by atomic mass is 79.9. The molecule has 0 spiro atoms. The first-order valence-electron chi connectivity index (χ1n) is 4.94. The van der Waals surface area contributed by atoms with Gasteiger partial charge in [-0.1, -0.05) is 27.5 Å². The number of nitrogens with one attached hydrogen (secondary N) is 1. The van der Waals surface area contributed by atoms with Crippen molar-refractivity contribution in [3.63, 3.8) is 0 Å². The van der Waals surface area contributed by atoms with Crippen molar-refractivity contribution in [2.24, 2.45) is 0 Å². The molecule has 3 nitrogen and oxygen atoms in total. The molecule has 2 aromatic rings. The fraction of sp³-hybridized carbons (Fsp3) is 0. The molecule has 0 radical (unpaired) electrons. The number of carbonyl (C=O) groups is 1. The van der Waals surface area contributed by atoms with Crippen LogP contribution in [0.4, 0.5) is 5.69 Å². The van der Waals surface area contributed by atoms with Gasteiger partial charge in [0.05, 0.1) is 5.69 Å². The number of hydrogen-bond acceptors (Lipinski definition) is 2. The van der Waals surface area contributed by atoms with E-state index in [1.54, 1.807) is 36.5 Å². The number of carbonyl (C=O) groups excluding carboxylic acids is 1. The molecule has 1 heterocycles. The summed E-state index contributed by atoms with van der Waals surface area (Å²) in [5.41, 5.74) is 1.02. The lowest BCUT2D eigenvalue weighted by molar-refractivity contribution is 0.102. The zero-order valence-electron chi connectivity index (χ0n) is 8.95. The van der Waals surface area contributed by atoms with Crippen LogP contribution < -0.4 is 5.32 Å². The number of hydrogen-bond donors (Lipinski definition) is 1. The Morgan fingerprint density at radius 1 is 1.17 bits per heavy atom. The largest absolute Gasteiger partial charge is 0.319 e. The Morgan fingerprint density at radius 2 is 1.83 bits per heavy atom. The van der Waals surface area contributed by atoms with Gasteiger partial charge in [-0.15, -0.1) is 0 Å². The average Bonchev–Trinajstić information content (AvgIpc) is 2.34. The lowest BCUT2D eigenvalue weighted by Crippen LogP contribution is -2.12. The molecule has 0 unspecified atom stereocenters. The summed E-state index contributed by atoms with van der Waals surface area (Å²) in [6, 6.07) is 8.74. The Labute approximate surface area is 126 Å². The second-order valence-corrected chi connectivity index (χ2v) is 5.64. The highest BCUT2D eigenvalue weighted by Crippen LogP contribution is 2.23. The molecule has 0 aliphatic rings. The number of rotatable bonds is 2. The molecule has 1 amide bonds. The fourth-order valence-electron chi connectivity index (χ4n) is 1.31. The Kier molecular flexibility index (Phi) is 4.37. The maximum atomic E-state index is 12.0. The van der Waals surface area contributed by atoms with Crippen molar-refractivity contribution in [1.82, 2.24) is 4.98 Å². The van der Waals surface area contributed by atoms with Crippen LogP contribution in [0.25, 0.3) is 0 Å². The van der Waals surface area contributed by atoms with Crippen molar-refractivity contribution in [3.8, 4) is 0 Å². The molecular weight excluding hydrogens is 383 g/mol. The Hall–Kier alpha value is -0.910. The van der Waals surface area contributed by atoms with E-state index in [1.807, 2.05) is 0 Å². The van der Waals surface area contributed by atoms with E-state index in [9.17, 15) is 4.79 Å². The lowest BCUT2D eigenvalue weighted by atomic mass is 10.2. The number of aromatic nitrogens is 1. The maximum Gasteiger partial charge on any atom is 0.255 e. The van der Waals surface area contributed by atoms with E-state index in [1.165, 1.54) is 0 Å². The maximum absolute atomic E-state index is 12.0. The topological polar surface area (TPSA) is 42.0 Å². The van der Waals surface area contributed by atoms with E-state index in [4.69, 9.17) is 11.6 Å². The van der Waals surface area contributed by atoms with Crippen LogP contribution in [0.15, 0.2) is 45.5 Å². The van der Waals surface area contributed by atoms with Gasteiger partial charge in [0.2, 0.25) is 0 Å². The van der Waals surface area contributed by atoms with Crippen molar-refractivity contribution >= 4 is 55.1 Å². The van der Waals surface area contributed by atoms with Crippen LogP contribution in [-0.4, -0.2) is 10.9 Å². The number of anilines is 1. The van der Waals surface area contributed by atoms with Crippen LogP contribution in [0.5, 0.6) is 0 Å². The molecular formula is C12H7Br2ClN2O. The molecule has 0 aliphatic heterocycles. The molecule has 0 atom stereocenters. The first kappa shape index (κ1) is 13.5. The zero-order valence-corrected chi connectivity index (χ0v) is 12.9. The van der Waals surface area contributed by atoms with Crippen LogP contribution in [-0.2, 0) is 0 Å². The molecule has 0 saturated heterocycles. The summed E-state index contributed by atoms with van der Waals surface area (Å²) >= 11 is 12.5. The molecule has 1 aromatic heterocycles. The summed E-state index contributed by atoms with van der Waals surface area (Å²) in [6.07, 6.45) is 1.57. The number of benzene rings is 1. The van der Waals surface area contributed by atoms with Gasteiger partial charge in [-0.25, -0.2) is 4.98 Å². The standard InChI is InChI=1S/C12H7Br2ClN2O/c13-8-3-1-7(2-4-8)12(18)17-10-5-9(14)6-16-11(10)15/h1-6H,(H,17,18). The summed E-state index contributed by atoms with van der Waals surface area (Å²) in [4.78, 5) is 15.9. The van der Waals surface area contributed by atoms with Gasteiger partial charge < -0.3 is 5.32 Å². The zero-order chi connectivity index (χ0) is 13.1. The van der Waals surface area contributed by atoms with Crippen molar-refractivity contribution in [3.05, 3.63) is 56.2 Å². The van der Waals surface area contributed by atoms with Gasteiger partial charge in [0, 0.05) is 20.7 Å². The molecule has 0 bridgehead atoms. The quantitative estimate of drug-likeness (QED) is 0.767. The average molecular weight is 390 g/mol. The first-order valence-corrected chi connectivity index (χ1v) is 6.90. The monoisotopic (exact) mass is 388 g/mol. The highest BCUT2D eigenvalue weighted by molar-refractivity contribution is 9.10. The van der Waals surface area contributed by atoms with Gasteiger partial charge in [-0.2, -0.15) is 0 Å². The van der Waals surface area contributed by atoms with E-state index >= 15 is 0 Å². The molecule has 18 heavy (non-hydrogen) atoms. The van der Waals surface area contributed by atoms with Crippen LogP contribution in [0.1, 0.15) is 10.4 Å². The molecule has 2 rings (SSSR count). The summed E-state index contributed by atoms with van der Waals surface area (Å²) < 4.78 is 1.67. The first-order chi connectivity index (χ1) is 8.56. The van der Waals surface area contributed by atoms with Gasteiger partial charge in [0.15, 0.2) is 5.15 Å². The van der Waals surface area contributed by atoms with Crippen molar-refractivity contribution in [1.29, 1.82) is 0 Å².